The molecule has 1 unspecified atom stereocenters. The van der Waals surface area contributed by atoms with Gasteiger partial charge >= 0.3 is 17.9 Å². The van der Waals surface area contributed by atoms with Gasteiger partial charge in [0.15, 0.2) is 5.82 Å². The summed E-state index contributed by atoms with van der Waals surface area (Å²) in [5.74, 6) is -1.97. The van der Waals surface area contributed by atoms with Crippen LogP contribution in [0.25, 0.3) is 11.4 Å². The third-order valence-corrected chi connectivity index (χ3v) is 4.21. The fraction of sp³-hybridized carbons (Fsp3) is 0.211. The molecule has 3 rings (SSSR count). The van der Waals surface area contributed by atoms with E-state index in [-0.39, 0.29) is 17.8 Å². The first-order chi connectivity index (χ1) is 13.3. The fourth-order valence-corrected chi connectivity index (χ4v) is 2.80. The standard InChI is InChI=1S/C19H15F3N2O4/c1-27-17(25)15(13-3-2-4-14(10-13)19(20,21)22)9-11-5-7-12(8-6-11)16-23-18(26)28-24-16/h2-8,10,15H,9H2,1H3,(H,23,24,26). The van der Waals surface area contributed by atoms with Crippen LogP contribution in [0.15, 0.2) is 57.8 Å². The number of hydrogen-bond donors (Lipinski definition) is 1. The number of halogens is 3. The number of esters is 1. The molecule has 0 aliphatic heterocycles. The maximum Gasteiger partial charge on any atom is 0.439 e. The smallest absolute Gasteiger partial charge is 0.439 e. The number of alkyl halides is 3. The van der Waals surface area contributed by atoms with Crippen molar-refractivity contribution in [3.8, 4) is 11.4 Å². The normalized spacial score (nSPS) is 12.6. The molecule has 2 aromatic carbocycles. The molecule has 0 bridgehead atoms. The van der Waals surface area contributed by atoms with Crippen LogP contribution in [-0.2, 0) is 22.1 Å². The van der Waals surface area contributed by atoms with Crippen molar-refractivity contribution < 1.29 is 27.2 Å². The number of aromatic amines is 1. The van der Waals surface area contributed by atoms with E-state index < -0.39 is 29.4 Å². The number of rotatable bonds is 5. The number of aromatic nitrogens is 2. The lowest BCUT2D eigenvalue weighted by atomic mass is 9.90. The molecule has 0 saturated carbocycles. The van der Waals surface area contributed by atoms with Crippen molar-refractivity contribution in [2.24, 2.45) is 0 Å². The summed E-state index contributed by atoms with van der Waals surface area (Å²) in [5, 5.41) is 3.57. The molecule has 146 valence electrons. The van der Waals surface area contributed by atoms with Crippen LogP contribution in [0.2, 0.25) is 0 Å². The van der Waals surface area contributed by atoms with Crippen LogP contribution in [0, 0.1) is 0 Å². The molecule has 0 aliphatic rings. The summed E-state index contributed by atoms with van der Waals surface area (Å²) >= 11 is 0. The van der Waals surface area contributed by atoms with Crippen LogP contribution < -0.4 is 5.76 Å². The predicted octanol–water partition coefficient (Wildman–Crippen LogP) is 3.55. The minimum atomic E-state index is -4.51. The SMILES string of the molecule is COC(=O)C(Cc1ccc(-c2noc(=O)[nH]2)cc1)c1cccc(C(F)(F)F)c1. The first-order valence-corrected chi connectivity index (χ1v) is 8.18. The molecule has 9 heteroatoms. The van der Waals surface area contributed by atoms with Crippen LogP contribution in [0.4, 0.5) is 13.2 Å². The van der Waals surface area contributed by atoms with Crippen LogP contribution in [-0.4, -0.2) is 23.2 Å². The Morgan fingerprint density at radius 3 is 2.50 bits per heavy atom. The second-order valence-corrected chi connectivity index (χ2v) is 6.04. The van der Waals surface area contributed by atoms with E-state index >= 15 is 0 Å². The van der Waals surface area contributed by atoms with Gasteiger partial charge < -0.3 is 4.74 Å². The van der Waals surface area contributed by atoms with Gasteiger partial charge in [-0.15, -0.1) is 0 Å². The minimum Gasteiger partial charge on any atom is -0.469 e. The van der Waals surface area contributed by atoms with Crippen molar-refractivity contribution in [1.29, 1.82) is 0 Å². The first kappa shape index (κ1) is 19.4. The number of nitrogens with zero attached hydrogens (tertiary/aromatic N) is 1. The summed E-state index contributed by atoms with van der Waals surface area (Å²) in [6.07, 6.45) is -4.36. The highest BCUT2D eigenvalue weighted by molar-refractivity contribution is 5.78. The van der Waals surface area contributed by atoms with E-state index in [9.17, 15) is 22.8 Å². The Bertz CT molecular complexity index is 1020. The van der Waals surface area contributed by atoms with Gasteiger partial charge in [-0.05, 0) is 23.6 Å². The largest absolute Gasteiger partial charge is 0.469 e. The number of carbonyl (C=O) groups is 1. The number of H-pyrrole nitrogens is 1. The topological polar surface area (TPSA) is 85.2 Å². The van der Waals surface area contributed by atoms with Crippen LogP contribution >= 0.6 is 0 Å². The number of ether oxygens (including phenoxy) is 1. The lowest BCUT2D eigenvalue weighted by Gasteiger charge is -2.17. The molecule has 0 radical (unpaired) electrons. The van der Waals surface area contributed by atoms with E-state index in [0.717, 1.165) is 12.1 Å². The van der Waals surface area contributed by atoms with Crippen molar-refractivity contribution in [3.63, 3.8) is 0 Å². The zero-order valence-corrected chi connectivity index (χ0v) is 14.6. The number of nitrogens with one attached hydrogen (secondary N) is 1. The van der Waals surface area contributed by atoms with E-state index in [4.69, 9.17) is 4.74 Å². The monoisotopic (exact) mass is 392 g/mol. The average molecular weight is 392 g/mol. The summed E-state index contributed by atoms with van der Waals surface area (Å²) in [5.41, 5.74) is 0.668. The molecule has 1 N–H and O–H groups in total. The molecule has 6 nitrogen and oxygen atoms in total. The van der Waals surface area contributed by atoms with Crippen LogP contribution in [0.3, 0.4) is 0 Å². The molecular formula is C19H15F3N2O4. The Labute approximate surface area is 156 Å². The molecule has 0 aliphatic carbocycles. The zero-order valence-electron chi connectivity index (χ0n) is 14.6. The van der Waals surface area contributed by atoms with E-state index in [0.29, 0.717) is 11.1 Å². The zero-order chi connectivity index (χ0) is 20.3. The first-order valence-electron chi connectivity index (χ1n) is 8.18. The van der Waals surface area contributed by atoms with Crippen LogP contribution in [0.5, 0.6) is 0 Å². The summed E-state index contributed by atoms with van der Waals surface area (Å²) in [6.45, 7) is 0. The van der Waals surface area contributed by atoms with E-state index in [1.54, 1.807) is 24.3 Å². The number of hydrogen-bond acceptors (Lipinski definition) is 5. The second kappa shape index (κ2) is 7.71. The predicted molar refractivity (Wildman–Crippen MR) is 92.5 cm³/mol. The molecule has 1 heterocycles. The summed E-state index contributed by atoms with van der Waals surface area (Å²) in [6, 6.07) is 11.3. The summed E-state index contributed by atoms with van der Waals surface area (Å²) < 4.78 is 48.2. The highest BCUT2D eigenvalue weighted by Crippen LogP contribution is 2.32. The highest BCUT2D eigenvalue weighted by atomic mass is 19.4. The lowest BCUT2D eigenvalue weighted by molar-refractivity contribution is -0.143. The quantitative estimate of drug-likeness (QED) is 0.672. The summed E-state index contributed by atoms with van der Waals surface area (Å²) in [4.78, 5) is 25.6. The van der Waals surface area contributed by atoms with E-state index in [2.05, 4.69) is 14.7 Å². The van der Waals surface area contributed by atoms with Gasteiger partial charge in [0.05, 0.1) is 18.6 Å². The fourth-order valence-electron chi connectivity index (χ4n) is 2.80. The number of benzene rings is 2. The Balaban J connectivity index is 1.87. The van der Waals surface area contributed by atoms with Crippen molar-refractivity contribution in [2.75, 3.05) is 7.11 Å². The van der Waals surface area contributed by atoms with Gasteiger partial charge in [0.1, 0.15) is 0 Å². The minimum absolute atomic E-state index is 0.142. The van der Waals surface area contributed by atoms with Crippen molar-refractivity contribution >= 4 is 5.97 Å². The Kier molecular flexibility index (Phi) is 5.34. The second-order valence-electron chi connectivity index (χ2n) is 6.04. The molecular weight excluding hydrogens is 377 g/mol. The molecule has 0 fully saturated rings. The van der Waals surface area contributed by atoms with Gasteiger partial charge in [0.2, 0.25) is 0 Å². The molecule has 3 aromatic rings. The van der Waals surface area contributed by atoms with Gasteiger partial charge in [-0.3, -0.25) is 14.3 Å². The maximum absolute atomic E-state index is 13.0. The summed E-state index contributed by atoms with van der Waals surface area (Å²) in [7, 11) is 1.19. The Morgan fingerprint density at radius 2 is 1.93 bits per heavy atom. The Hall–Kier alpha value is -3.36. The average Bonchev–Trinajstić information content (AvgIpc) is 3.12. The molecule has 0 spiro atoms. The molecule has 1 aromatic heterocycles. The van der Waals surface area contributed by atoms with Crippen LogP contribution in [0.1, 0.15) is 22.6 Å². The van der Waals surface area contributed by atoms with Crippen molar-refractivity contribution in [1.82, 2.24) is 10.1 Å². The Morgan fingerprint density at radius 1 is 1.21 bits per heavy atom. The third kappa shape index (κ3) is 4.30. The molecule has 0 saturated heterocycles. The van der Waals surface area contributed by atoms with Gasteiger partial charge in [-0.1, -0.05) is 47.6 Å². The number of carbonyl (C=O) groups excluding carboxylic acids is 1. The highest BCUT2D eigenvalue weighted by Gasteiger charge is 2.32. The van der Waals surface area contributed by atoms with E-state index in [1.165, 1.54) is 19.2 Å². The number of methoxy groups -OCH3 is 1. The third-order valence-electron chi connectivity index (χ3n) is 4.21. The van der Waals surface area contributed by atoms with Gasteiger partial charge in [0, 0.05) is 5.56 Å². The molecule has 28 heavy (non-hydrogen) atoms. The van der Waals surface area contributed by atoms with Crippen molar-refractivity contribution in [2.45, 2.75) is 18.5 Å². The molecule has 1 atom stereocenters. The maximum atomic E-state index is 13.0. The van der Waals surface area contributed by atoms with Gasteiger partial charge in [0.25, 0.3) is 0 Å². The molecule has 0 amide bonds. The van der Waals surface area contributed by atoms with Gasteiger partial charge in [-0.25, -0.2) is 4.79 Å². The van der Waals surface area contributed by atoms with E-state index in [1.807, 2.05) is 0 Å². The van der Waals surface area contributed by atoms with Crippen molar-refractivity contribution in [3.05, 3.63) is 75.8 Å². The van der Waals surface area contributed by atoms with Gasteiger partial charge in [-0.2, -0.15) is 13.2 Å². The lowest BCUT2D eigenvalue weighted by Crippen LogP contribution is -2.18.